The third-order valence-electron chi connectivity index (χ3n) is 2.36. The maximum Gasteiger partial charge on any atom is 0.337 e. The molecule has 0 aromatic heterocycles. The summed E-state index contributed by atoms with van der Waals surface area (Å²) in [6.45, 7) is 0. The highest BCUT2D eigenvalue weighted by Crippen LogP contribution is 2.25. The van der Waals surface area contributed by atoms with E-state index in [0.717, 1.165) is 0 Å². The minimum atomic E-state index is -1.01. The summed E-state index contributed by atoms with van der Waals surface area (Å²) in [7, 11) is 0. The van der Waals surface area contributed by atoms with Crippen molar-refractivity contribution in [3.63, 3.8) is 0 Å². The number of hydrogen-bond acceptors (Lipinski definition) is 2. The lowest BCUT2D eigenvalue weighted by Gasteiger charge is -2.09. The number of hydrogen-bond donors (Lipinski definition) is 2. The molecule has 0 aliphatic heterocycles. The number of carboxylic acids is 1. The molecule has 2 aromatic carbocycles. The van der Waals surface area contributed by atoms with Gasteiger partial charge in [0, 0.05) is 5.69 Å². The Labute approximate surface area is 111 Å². The molecule has 0 aliphatic rings. The second-order valence-corrected chi connectivity index (χ2v) is 4.46. The van der Waals surface area contributed by atoms with E-state index in [0.29, 0.717) is 15.8 Å². The molecule has 0 atom stereocenters. The Morgan fingerprint density at radius 3 is 2.61 bits per heavy atom. The lowest BCUT2D eigenvalue weighted by Crippen LogP contribution is -2.02. The Bertz CT molecular complexity index is 601. The zero-order valence-corrected chi connectivity index (χ0v) is 10.7. The van der Waals surface area contributed by atoms with E-state index in [1.807, 2.05) is 0 Å². The van der Waals surface area contributed by atoms with Gasteiger partial charge in [0.25, 0.3) is 0 Å². The fourth-order valence-electron chi connectivity index (χ4n) is 1.51. The van der Waals surface area contributed by atoms with Crippen LogP contribution in [-0.2, 0) is 0 Å². The van der Waals surface area contributed by atoms with E-state index in [9.17, 15) is 9.18 Å². The van der Waals surface area contributed by atoms with Crippen LogP contribution in [0.3, 0.4) is 0 Å². The molecule has 0 aliphatic carbocycles. The summed E-state index contributed by atoms with van der Waals surface area (Å²) in [5, 5.41) is 12.0. The van der Waals surface area contributed by atoms with Crippen LogP contribution in [0.25, 0.3) is 0 Å². The van der Waals surface area contributed by atoms with E-state index in [1.165, 1.54) is 12.1 Å². The monoisotopic (exact) mass is 309 g/mol. The summed E-state index contributed by atoms with van der Waals surface area (Å²) in [4.78, 5) is 11.0. The van der Waals surface area contributed by atoms with Crippen molar-refractivity contribution in [2.75, 3.05) is 5.32 Å². The number of carboxylic acid groups (broad SMARTS) is 1. The summed E-state index contributed by atoms with van der Waals surface area (Å²) in [5.41, 5.74) is 1.23. The van der Waals surface area contributed by atoms with Crippen LogP contribution < -0.4 is 5.32 Å². The SMILES string of the molecule is O=C(O)c1ccccc1Nc1ccc(F)c(Br)c1. The highest BCUT2D eigenvalue weighted by Gasteiger charge is 2.09. The van der Waals surface area contributed by atoms with Gasteiger partial charge in [0.05, 0.1) is 15.7 Å². The molecule has 0 bridgehead atoms. The van der Waals surface area contributed by atoms with Crippen LogP contribution >= 0.6 is 15.9 Å². The first-order valence-corrected chi connectivity index (χ1v) is 5.91. The molecular weight excluding hydrogens is 301 g/mol. The Hall–Kier alpha value is -1.88. The quantitative estimate of drug-likeness (QED) is 0.900. The van der Waals surface area contributed by atoms with E-state index in [-0.39, 0.29) is 11.4 Å². The van der Waals surface area contributed by atoms with Crippen LogP contribution in [0.5, 0.6) is 0 Å². The van der Waals surface area contributed by atoms with Gasteiger partial charge in [-0.15, -0.1) is 0 Å². The summed E-state index contributed by atoms with van der Waals surface area (Å²) >= 11 is 3.08. The topological polar surface area (TPSA) is 49.3 Å². The Morgan fingerprint density at radius 2 is 1.94 bits per heavy atom. The molecule has 0 saturated heterocycles. The van der Waals surface area contributed by atoms with Crippen molar-refractivity contribution in [2.24, 2.45) is 0 Å². The zero-order chi connectivity index (χ0) is 13.1. The van der Waals surface area contributed by atoms with Crippen molar-refractivity contribution in [1.82, 2.24) is 0 Å². The molecule has 0 spiro atoms. The van der Waals surface area contributed by atoms with E-state index in [4.69, 9.17) is 5.11 Å². The third-order valence-corrected chi connectivity index (χ3v) is 2.96. The molecule has 3 nitrogen and oxygen atoms in total. The van der Waals surface area contributed by atoms with Crippen molar-refractivity contribution in [2.45, 2.75) is 0 Å². The first-order valence-electron chi connectivity index (χ1n) is 5.12. The van der Waals surface area contributed by atoms with Crippen molar-refractivity contribution in [1.29, 1.82) is 0 Å². The van der Waals surface area contributed by atoms with Gasteiger partial charge in [0.15, 0.2) is 0 Å². The largest absolute Gasteiger partial charge is 0.478 e. The van der Waals surface area contributed by atoms with Gasteiger partial charge in [-0.05, 0) is 46.3 Å². The predicted octanol–water partition coefficient (Wildman–Crippen LogP) is 4.03. The van der Waals surface area contributed by atoms with Gasteiger partial charge in [0.2, 0.25) is 0 Å². The maximum atomic E-state index is 13.1. The summed E-state index contributed by atoms with van der Waals surface area (Å²) in [6.07, 6.45) is 0. The van der Waals surface area contributed by atoms with Crippen molar-refractivity contribution >= 4 is 33.3 Å². The van der Waals surface area contributed by atoms with Gasteiger partial charge in [0.1, 0.15) is 5.82 Å². The normalized spacial score (nSPS) is 10.1. The highest BCUT2D eigenvalue weighted by molar-refractivity contribution is 9.10. The van der Waals surface area contributed by atoms with Gasteiger partial charge in [-0.25, -0.2) is 9.18 Å². The second kappa shape index (κ2) is 5.18. The smallest absolute Gasteiger partial charge is 0.337 e. The van der Waals surface area contributed by atoms with Crippen LogP contribution in [0.1, 0.15) is 10.4 Å². The van der Waals surface area contributed by atoms with Crippen molar-refractivity contribution in [3.05, 3.63) is 58.3 Å². The molecule has 0 saturated carbocycles. The minimum Gasteiger partial charge on any atom is -0.478 e. The summed E-state index contributed by atoms with van der Waals surface area (Å²) in [6, 6.07) is 10.9. The number of nitrogens with one attached hydrogen (secondary N) is 1. The lowest BCUT2D eigenvalue weighted by molar-refractivity contribution is 0.0698. The van der Waals surface area contributed by atoms with E-state index >= 15 is 0 Å². The fraction of sp³-hybridized carbons (Fsp3) is 0. The molecular formula is C13H9BrFNO2. The van der Waals surface area contributed by atoms with Crippen molar-refractivity contribution < 1.29 is 14.3 Å². The number of aromatic carboxylic acids is 1. The average Bonchev–Trinajstić information content (AvgIpc) is 2.34. The van der Waals surface area contributed by atoms with Gasteiger partial charge < -0.3 is 10.4 Å². The number of para-hydroxylation sites is 1. The molecule has 18 heavy (non-hydrogen) atoms. The highest BCUT2D eigenvalue weighted by atomic mass is 79.9. The van der Waals surface area contributed by atoms with Gasteiger partial charge >= 0.3 is 5.97 Å². The van der Waals surface area contributed by atoms with Gasteiger partial charge in [-0.1, -0.05) is 12.1 Å². The third kappa shape index (κ3) is 2.68. The Kier molecular flexibility index (Phi) is 3.62. The first-order chi connectivity index (χ1) is 8.58. The number of anilines is 2. The van der Waals surface area contributed by atoms with Crippen LogP contribution in [0.2, 0.25) is 0 Å². The average molecular weight is 310 g/mol. The molecule has 0 fully saturated rings. The second-order valence-electron chi connectivity index (χ2n) is 3.60. The maximum absolute atomic E-state index is 13.1. The van der Waals surface area contributed by atoms with Crippen molar-refractivity contribution in [3.8, 4) is 0 Å². The molecule has 0 radical (unpaired) electrons. The predicted molar refractivity (Wildman–Crippen MR) is 70.8 cm³/mol. The Morgan fingerprint density at radius 1 is 1.22 bits per heavy atom. The fourth-order valence-corrected chi connectivity index (χ4v) is 1.89. The molecule has 0 heterocycles. The number of benzene rings is 2. The number of halogens is 2. The van der Waals surface area contributed by atoms with Crippen LogP contribution in [0.4, 0.5) is 15.8 Å². The zero-order valence-electron chi connectivity index (χ0n) is 9.15. The first kappa shape index (κ1) is 12.6. The molecule has 92 valence electrons. The molecule has 2 N–H and O–H groups in total. The number of carbonyl (C=O) groups is 1. The van der Waals surface area contributed by atoms with E-state index in [1.54, 1.807) is 30.3 Å². The lowest BCUT2D eigenvalue weighted by atomic mass is 10.1. The van der Waals surface area contributed by atoms with E-state index in [2.05, 4.69) is 21.2 Å². The number of rotatable bonds is 3. The molecule has 0 unspecified atom stereocenters. The molecule has 5 heteroatoms. The molecule has 2 aromatic rings. The van der Waals surface area contributed by atoms with E-state index < -0.39 is 5.97 Å². The van der Waals surface area contributed by atoms with Crippen LogP contribution in [-0.4, -0.2) is 11.1 Å². The molecule has 2 rings (SSSR count). The minimum absolute atomic E-state index is 0.165. The summed E-state index contributed by atoms with van der Waals surface area (Å²) in [5.74, 6) is -1.38. The van der Waals surface area contributed by atoms with Gasteiger partial charge in [-0.3, -0.25) is 0 Å². The standard InChI is InChI=1S/C13H9BrFNO2/c14-10-7-8(5-6-11(10)15)16-12-4-2-1-3-9(12)13(17)18/h1-7,16H,(H,17,18). The Balaban J connectivity index is 2.34. The summed E-state index contributed by atoms with van der Waals surface area (Å²) < 4.78 is 13.4. The van der Waals surface area contributed by atoms with Crippen LogP contribution in [0, 0.1) is 5.82 Å². The van der Waals surface area contributed by atoms with Gasteiger partial charge in [-0.2, -0.15) is 0 Å². The van der Waals surface area contributed by atoms with Crippen LogP contribution in [0.15, 0.2) is 46.9 Å². The molecule has 0 amide bonds.